The lowest BCUT2D eigenvalue weighted by Gasteiger charge is -2.18. The molecule has 1 rings (SSSR count). The SMILES string of the molecule is Cc1cc(C(C)(C)C)nc(CCCl)n1. The van der Waals surface area contributed by atoms with Gasteiger partial charge in [0.1, 0.15) is 5.82 Å². The Balaban J connectivity index is 3.07. The molecule has 0 aliphatic rings. The molecule has 78 valence electrons. The van der Waals surface area contributed by atoms with Gasteiger partial charge in [-0.15, -0.1) is 11.6 Å². The molecule has 1 aromatic heterocycles. The molecular formula is C11H17ClN2. The second-order valence-electron chi connectivity index (χ2n) is 4.50. The second-order valence-corrected chi connectivity index (χ2v) is 4.88. The van der Waals surface area contributed by atoms with Crippen LogP contribution in [0.5, 0.6) is 0 Å². The molecule has 0 bridgehead atoms. The van der Waals surface area contributed by atoms with Crippen LogP contribution < -0.4 is 0 Å². The summed E-state index contributed by atoms with van der Waals surface area (Å²) in [5.74, 6) is 1.43. The number of halogens is 1. The number of hydrogen-bond donors (Lipinski definition) is 0. The van der Waals surface area contributed by atoms with Gasteiger partial charge in [-0.05, 0) is 13.0 Å². The first-order valence-corrected chi connectivity index (χ1v) is 5.38. The lowest BCUT2D eigenvalue weighted by Crippen LogP contribution is -2.16. The molecule has 1 aromatic rings. The summed E-state index contributed by atoms with van der Waals surface area (Å²) in [6, 6.07) is 2.04. The summed E-state index contributed by atoms with van der Waals surface area (Å²) in [5.41, 5.74) is 2.18. The van der Waals surface area contributed by atoms with E-state index in [1.54, 1.807) is 0 Å². The van der Waals surface area contributed by atoms with E-state index in [0.717, 1.165) is 23.6 Å². The third-order valence-electron chi connectivity index (χ3n) is 1.99. The largest absolute Gasteiger partial charge is 0.238 e. The summed E-state index contributed by atoms with van der Waals surface area (Å²) in [5, 5.41) is 0. The first kappa shape index (κ1) is 11.4. The van der Waals surface area contributed by atoms with Crippen LogP contribution in [-0.4, -0.2) is 15.8 Å². The van der Waals surface area contributed by atoms with Crippen LogP contribution in [0.3, 0.4) is 0 Å². The highest BCUT2D eigenvalue weighted by molar-refractivity contribution is 6.17. The summed E-state index contributed by atoms with van der Waals surface area (Å²) in [4.78, 5) is 8.84. The van der Waals surface area contributed by atoms with Crippen LogP contribution in [0, 0.1) is 6.92 Å². The lowest BCUT2D eigenvalue weighted by molar-refractivity contribution is 0.561. The van der Waals surface area contributed by atoms with Crippen molar-refractivity contribution >= 4 is 11.6 Å². The first-order chi connectivity index (χ1) is 6.43. The molecular weight excluding hydrogens is 196 g/mol. The second kappa shape index (κ2) is 4.26. The quantitative estimate of drug-likeness (QED) is 0.705. The minimum atomic E-state index is 0.0781. The molecule has 0 saturated heterocycles. The molecule has 0 fully saturated rings. The maximum Gasteiger partial charge on any atom is 0.130 e. The Morgan fingerprint density at radius 3 is 2.43 bits per heavy atom. The molecule has 14 heavy (non-hydrogen) atoms. The van der Waals surface area contributed by atoms with Crippen molar-refractivity contribution in [2.24, 2.45) is 0 Å². The van der Waals surface area contributed by atoms with E-state index in [1.165, 1.54) is 0 Å². The average Bonchev–Trinajstić information content (AvgIpc) is 2.02. The molecule has 0 aliphatic carbocycles. The van der Waals surface area contributed by atoms with Crippen molar-refractivity contribution in [1.29, 1.82) is 0 Å². The number of alkyl halides is 1. The van der Waals surface area contributed by atoms with E-state index in [-0.39, 0.29) is 5.41 Å². The highest BCUT2D eigenvalue weighted by atomic mass is 35.5. The fraction of sp³-hybridized carbons (Fsp3) is 0.636. The van der Waals surface area contributed by atoms with Gasteiger partial charge in [0.05, 0.1) is 0 Å². The number of rotatable bonds is 2. The smallest absolute Gasteiger partial charge is 0.130 e. The Morgan fingerprint density at radius 1 is 1.29 bits per heavy atom. The van der Waals surface area contributed by atoms with E-state index >= 15 is 0 Å². The topological polar surface area (TPSA) is 25.8 Å². The van der Waals surface area contributed by atoms with Crippen molar-refractivity contribution < 1.29 is 0 Å². The van der Waals surface area contributed by atoms with Crippen molar-refractivity contribution in [1.82, 2.24) is 9.97 Å². The highest BCUT2D eigenvalue weighted by Crippen LogP contribution is 2.20. The van der Waals surface area contributed by atoms with Crippen molar-refractivity contribution in [3.63, 3.8) is 0 Å². The fourth-order valence-electron chi connectivity index (χ4n) is 1.21. The van der Waals surface area contributed by atoms with E-state index < -0.39 is 0 Å². The molecule has 0 saturated carbocycles. The Bertz CT molecular complexity index is 316. The van der Waals surface area contributed by atoms with Gasteiger partial charge in [-0.3, -0.25) is 0 Å². The predicted octanol–water partition coefficient (Wildman–Crippen LogP) is 2.86. The molecule has 0 aliphatic heterocycles. The number of aromatic nitrogens is 2. The van der Waals surface area contributed by atoms with E-state index in [2.05, 4.69) is 30.7 Å². The fourth-order valence-corrected chi connectivity index (χ4v) is 1.38. The molecule has 0 N–H and O–H groups in total. The van der Waals surface area contributed by atoms with Crippen LogP contribution in [0.25, 0.3) is 0 Å². The Hall–Kier alpha value is -0.630. The Kier molecular flexibility index (Phi) is 3.48. The third-order valence-corrected chi connectivity index (χ3v) is 2.18. The molecule has 2 nitrogen and oxygen atoms in total. The van der Waals surface area contributed by atoms with E-state index in [4.69, 9.17) is 11.6 Å². The van der Waals surface area contributed by atoms with Gasteiger partial charge in [-0.25, -0.2) is 9.97 Å². The molecule has 0 radical (unpaired) electrons. The van der Waals surface area contributed by atoms with Crippen LogP contribution in [0.15, 0.2) is 6.07 Å². The molecule has 1 heterocycles. The Labute approximate surface area is 90.7 Å². The molecule has 0 unspecified atom stereocenters. The summed E-state index contributed by atoms with van der Waals surface area (Å²) < 4.78 is 0. The van der Waals surface area contributed by atoms with Crippen molar-refractivity contribution in [2.45, 2.75) is 39.5 Å². The minimum absolute atomic E-state index is 0.0781. The number of hydrogen-bond acceptors (Lipinski definition) is 2. The molecule has 0 amide bonds. The molecule has 3 heteroatoms. The highest BCUT2D eigenvalue weighted by Gasteiger charge is 2.16. The summed E-state index contributed by atoms with van der Waals surface area (Å²) in [6.45, 7) is 8.45. The van der Waals surface area contributed by atoms with Gasteiger partial charge in [-0.1, -0.05) is 20.8 Å². The van der Waals surface area contributed by atoms with Crippen molar-refractivity contribution in [2.75, 3.05) is 5.88 Å². The minimum Gasteiger partial charge on any atom is -0.238 e. The van der Waals surface area contributed by atoms with Gasteiger partial charge in [0, 0.05) is 29.1 Å². The zero-order valence-corrected chi connectivity index (χ0v) is 10.0. The van der Waals surface area contributed by atoms with Crippen LogP contribution in [-0.2, 0) is 11.8 Å². The zero-order chi connectivity index (χ0) is 10.8. The van der Waals surface area contributed by atoms with E-state index in [1.807, 2.05) is 13.0 Å². The van der Waals surface area contributed by atoms with Crippen molar-refractivity contribution in [3.8, 4) is 0 Å². The molecule has 0 aromatic carbocycles. The van der Waals surface area contributed by atoms with Gasteiger partial charge in [-0.2, -0.15) is 0 Å². The maximum absolute atomic E-state index is 5.67. The zero-order valence-electron chi connectivity index (χ0n) is 9.26. The van der Waals surface area contributed by atoms with Gasteiger partial charge >= 0.3 is 0 Å². The van der Waals surface area contributed by atoms with Gasteiger partial charge in [0.25, 0.3) is 0 Å². The first-order valence-electron chi connectivity index (χ1n) is 4.84. The Morgan fingerprint density at radius 2 is 1.93 bits per heavy atom. The van der Waals surface area contributed by atoms with Crippen LogP contribution in [0.4, 0.5) is 0 Å². The van der Waals surface area contributed by atoms with E-state index in [0.29, 0.717) is 5.88 Å². The summed E-state index contributed by atoms with van der Waals surface area (Å²) in [6.07, 6.45) is 0.742. The normalized spacial score (nSPS) is 11.8. The van der Waals surface area contributed by atoms with Crippen molar-refractivity contribution in [3.05, 3.63) is 23.3 Å². The predicted molar refractivity (Wildman–Crippen MR) is 59.9 cm³/mol. The van der Waals surface area contributed by atoms with E-state index in [9.17, 15) is 0 Å². The van der Waals surface area contributed by atoms with Crippen LogP contribution in [0.1, 0.15) is 38.0 Å². The lowest BCUT2D eigenvalue weighted by atomic mass is 9.91. The van der Waals surface area contributed by atoms with Gasteiger partial charge < -0.3 is 0 Å². The van der Waals surface area contributed by atoms with Crippen LogP contribution in [0.2, 0.25) is 0 Å². The monoisotopic (exact) mass is 212 g/mol. The van der Waals surface area contributed by atoms with Gasteiger partial charge in [0.2, 0.25) is 0 Å². The molecule has 0 spiro atoms. The average molecular weight is 213 g/mol. The van der Waals surface area contributed by atoms with Gasteiger partial charge in [0.15, 0.2) is 0 Å². The summed E-state index contributed by atoms with van der Waals surface area (Å²) in [7, 11) is 0. The maximum atomic E-state index is 5.67. The number of nitrogens with zero attached hydrogens (tertiary/aromatic N) is 2. The van der Waals surface area contributed by atoms with Crippen LogP contribution >= 0.6 is 11.6 Å². The summed E-state index contributed by atoms with van der Waals surface area (Å²) >= 11 is 5.67. The third kappa shape index (κ3) is 2.95. The molecule has 0 atom stereocenters. The number of aryl methyl sites for hydroxylation is 2. The standard InChI is InChI=1S/C11H17ClN2/c1-8-7-9(11(2,3)4)14-10(13-8)5-6-12/h7H,5-6H2,1-4H3.